The maximum absolute atomic E-state index is 11.2. The van der Waals surface area contributed by atoms with Crippen molar-refractivity contribution in [1.82, 2.24) is 0 Å². The van der Waals surface area contributed by atoms with Gasteiger partial charge in [-0.25, -0.2) is 0 Å². The fourth-order valence-electron chi connectivity index (χ4n) is 2.43. The van der Waals surface area contributed by atoms with Crippen molar-refractivity contribution in [2.75, 3.05) is 0 Å². The topological polar surface area (TPSA) is 63.3 Å². The van der Waals surface area contributed by atoms with Crippen LogP contribution in [0.5, 0.6) is 0 Å². The van der Waals surface area contributed by atoms with E-state index < -0.39 is 12.0 Å². The van der Waals surface area contributed by atoms with Crippen molar-refractivity contribution in [2.24, 2.45) is 5.73 Å². The molecule has 3 nitrogen and oxygen atoms in total. The molecule has 0 spiro atoms. The van der Waals surface area contributed by atoms with E-state index in [4.69, 9.17) is 5.73 Å². The van der Waals surface area contributed by atoms with Gasteiger partial charge < -0.3 is 10.8 Å². The standard InChI is InChI=1S/C18H15NO2/c19-18(21)16-7-3-6-14(11-16)17(20)15-9-8-12-4-1-2-5-13(12)10-15/h1-11,17,20H,(H2,19,21). The number of aliphatic hydroxyl groups excluding tert-OH is 1. The third kappa shape index (κ3) is 2.64. The van der Waals surface area contributed by atoms with Gasteiger partial charge in [-0.3, -0.25) is 4.79 Å². The van der Waals surface area contributed by atoms with E-state index in [1.807, 2.05) is 42.5 Å². The summed E-state index contributed by atoms with van der Waals surface area (Å²) >= 11 is 0. The van der Waals surface area contributed by atoms with E-state index in [9.17, 15) is 9.90 Å². The average molecular weight is 277 g/mol. The van der Waals surface area contributed by atoms with Crippen LogP contribution < -0.4 is 5.73 Å². The summed E-state index contributed by atoms with van der Waals surface area (Å²) in [5.41, 5.74) is 7.11. The summed E-state index contributed by atoms with van der Waals surface area (Å²) in [6, 6.07) is 20.6. The number of carbonyl (C=O) groups is 1. The highest BCUT2D eigenvalue weighted by Crippen LogP contribution is 2.26. The van der Waals surface area contributed by atoms with Crippen LogP contribution in [0, 0.1) is 0 Å². The molecule has 0 aliphatic rings. The van der Waals surface area contributed by atoms with Gasteiger partial charge in [0.05, 0.1) is 0 Å². The molecule has 1 amide bonds. The first-order chi connectivity index (χ1) is 10.1. The minimum atomic E-state index is -0.783. The molecule has 104 valence electrons. The Morgan fingerprint density at radius 2 is 1.57 bits per heavy atom. The van der Waals surface area contributed by atoms with E-state index in [0.29, 0.717) is 11.1 Å². The number of aliphatic hydroxyl groups is 1. The Morgan fingerprint density at radius 3 is 2.33 bits per heavy atom. The molecular weight excluding hydrogens is 262 g/mol. The number of rotatable bonds is 3. The molecule has 0 fully saturated rings. The summed E-state index contributed by atoms with van der Waals surface area (Å²) in [5, 5.41) is 12.7. The first-order valence-electron chi connectivity index (χ1n) is 6.72. The number of benzene rings is 3. The molecule has 0 saturated carbocycles. The average Bonchev–Trinajstić information content (AvgIpc) is 2.53. The number of carbonyl (C=O) groups excluding carboxylic acids is 1. The SMILES string of the molecule is NC(=O)c1cccc(C(O)c2ccc3ccccc3c2)c1. The molecule has 1 atom stereocenters. The minimum absolute atomic E-state index is 0.396. The number of primary amides is 1. The molecule has 3 aromatic carbocycles. The number of nitrogens with two attached hydrogens (primary N) is 1. The monoisotopic (exact) mass is 277 g/mol. The van der Waals surface area contributed by atoms with Crippen LogP contribution >= 0.6 is 0 Å². The molecular formula is C18H15NO2. The molecule has 3 rings (SSSR count). The lowest BCUT2D eigenvalue weighted by atomic mass is 9.97. The van der Waals surface area contributed by atoms with Gasteiger partial charge in [-0.2, -0.15) is 0 Å². The molecule has 0 bridgehead atoms. The third-order valence-corrected chi connectivity index (χ3v) is 3.58. The number of fused-ring (bicyclic) bond motifs is 1. The molecule has 0 saturated heterocycles. The van der Waals surface area contributed by atoms with Gasteiger partial charge >= 0.3 is 0 Å². The predicted molar refractivity (Wildman–Crippen MR) is 83.0 cm³/mol. The first kappa shape index (κ1) is 13.3. The summed E-state index contributed by atoms with van der Waals surface area (Å²) in [5.74, 6) is -0.498. The summed E-state index contributed by atoms with van der Waals surface area (Å²) in [6.45, 7) is 0. The van der Waals surface area contributed by atoms with Gasteiger partial charge in [0.2, 0.25) is 5.91 Å². The second-order valence-electron chi connectivity index (χ2n) is 5.00. The Bertz CT molecular complexity index is 811. The zero-order valence-electron chi connectivity index (χ0n) is 11.4. The van der Waals surface area contributed by atoms with Gasteiger partial charge in [0.1, 0.15) is 6.10 Å². The summed E-state index contributed by atoms with van der Waals surface area (Å²) in [4.78, 5) is 11.2. The van der Waals surface area contributed by atoms with Gasteiger partial charge in [0.25, 0.3) is 0 Å². The van der Waals surface area contributed by atoms with Crippen molar-refractivity contribution in [2.45, 2.75) is 6.10 Å². The van der Waals surface area contributed by atoms with E-state index >= 15 is 0 Å². The normalized spacial score (nSPS) is 12.2. The lowest BCUT2D eigenvalue weighted by Gasteiger charge is -2.13. The molecule has 3 aromatic rings. The summed E-state index contributed by atoms with van der Waals surface area (Å²) in [7, 11) is 0. The van der Waals surface area contributed by atoms with Crippen LogP contribution in [-0.2, 0) is 0 Å². The summed E-state index contributed by atoms with van der Waals surface area (Å²) in [6.07, 6.45) is -0.783. The Hall–Kier alpha value is -2.65. The fourth-order valence-corrected chi connectivity index (χ4v) is 2.43. The highest BCUT2D eigenvalue weighted by atomic mass is 16.3. The van der Waals surface area contributed by atoms with E-state index in [2.05, 4.69) is 0 Å². The van der Waals surface area contributed by atoms with Crippen molar-refractivity contribution in [3.05, 3.63) is 83.4 Å². The lowest BCUT2D eigenvalue weighted by Crippen LogP contribution is -2.11. The smallest absolute Gasteiger partial charge is 0.248 e. The van der Waals surface area contributed by atoms with Crippen LogP contribution in [0.1, 0.15) is 27.6 Å². The molecule has 0 aliphatic heterocycles. The van der Waals surface area contributed by atoms with Gasteiger partial charge in [-0.05, 0) is 40.1 Å². The molecule has 3 heteroatoms. The van der Waals surface area contributed by atoms with Crippen molar-refractivity contribution in [3.63, 3.8) is 0 Å². The molecule has 0 heterocycles. The zero-order chi connectivity index (χ0) is 14.8. The molecule has 0 radical (unpaired) electrons. The third-order valence-electron chi connectivity index (χ3n) is 3.58. The van der Waals surface area contributed by atoms with Gasteiger partial charge in [-0.1, -0.05) is 48.5 Å². The second-order valence-corrected chi connectivity index (χ2v) is 5.00. The van der Waals surface area contributed by atoms with Crippen LogP contribution in [0.15, 0.2) is 66.7 Å². The highest BCUT2D eigenvalue weighted by molar-refractivity contribution is 5.93. The summed E-state index contributed by atoms with van der Waals surface area (Å²) < 4.78 is 0. The van der Waals surface area contributed by atoms with Crippen molar-refractivity contribution < 1.29 is 9.90 Å². The Balaban J connectivity index is 2.01. The predicted octanol–water partition coefficient (Wildman–Crippen LogP) is 3.02. The zero-order valence-corrected chi connectivity index (χ0v) is 11.4. The second kappa shape index (κ2) is 5.38. The highest BCUT2D eigenvalue weighted by Gasteiger charge is 2.12. The van der Waals surface area contributed by atoms with Crippen molar-refractivity contribution in [3.8, 4) is 0 Å². The largest absolute Gasteiger partial charge is 0.384 e. The maximum atomic E-state index is 11.2. The Morgan fingerprint density at radius 1 is 0.857 bits per heavy atom. The van der Waals surface area contributed by atoms with Crippen LogP contribution in [0.25, 0.3) is 10.8 Å². The van der Waals surface area contributed by atoms with Crippen LogP contribution in [-0.4, -0.2) is 11.0 Å². The number of amides is 1. The van der Waals surface area contributed by atoms with Crippen LogP contribution in [0.2, 0.25) is 0 Å². The minimum Gasteiger partial charge on any atom is -0.384 e. The van der Waals surface area contributed by atoms with Crippen LogP contribution in [0.3, 0.4) is 0 Å². The van der Waals surface area contributed by atoms with Gasteiger partial charge in [0.15, 0.2) is 0 Å². The van der Waals surface area contributed by atoms with E-state index in [1.165, 1.54) is 0 Å². The van der Waals surface area contributed by atoms with E-state index in [0.717, 1.165) is 16.3 Å². The van der Waals surface area contributed by atoms with Crippen molar-refractivity contribution >= 4 is 16.7 Å². The first-order valence-corrected chi connectivity index (χ1v) is 6.72. The fraction of sp³-hybridized carbons (Fsp3) is 0.0556. The van der Waals surface area contributed by atoms with Crippen LogP contribution in [0.4, 0.5) is 0 Å². The quantitative estimate of drug-likeness (QED) is 0.773. The lowest BCUT2D eigenvalue weighted by molar-refractivity contribution is 0.1000. The van der Waals surface area contributed by atoms with Crippen molar-refractivity contribution in [1.29, 1.82) is 0 Å². The maximum Gasteiger partial charge on any atom is 0.248 e. The molecule has 3 N–H and O–H groups in total. The van der Waals surface area contributed by atoms with E-state index in [1.54, 1.807) is 24.3 Å². The number of hydrogen-bond acceptors (Lipinski definition) is 2. The molecule has 21 heavy (non-hydrogen) atoms. The molecule has 0 aromatic heterocycles. The number of hydrogen-bond donors (Lipinski definition) is 2. The molecule has 1 unspecified atom stereocenters. The van der Waals surface area contributed by atoms with E-state index in [-0.39, 0.29) is 0 Å². The Labute approximate surface area is 122 Å². The van der Waals surface area contributed by atoms with Gasteiger partial charge in [0, 0.05) is 5.56 Å². The van der Waals surface area contributed by atoms with Gasteiger partial charge in [-0.15, -0.1) is 0 Å². The molecule has 0 aliphatic carbocycles. The Kier molecular flexibility index (Phi) is 3.42.